The summed E-state index contributed by atoms with van der Waals surface area (Å²) in [7, 11) is 1.31. The van der Waals surface area contributed by atoms with Gasteiger partial charge in [-0.15, -0.1) is 0 Å². The third-order valence-corrected chi connectivity index (χ3v) is 8.74. The zero-order valence-electron chi connectivity index (χ0n) is 24.8. The Balaban J connectivity index is 1.56. The lowest BCUT2D eigenvalue weighted by molar-refractivity contribution is -0.144. The number of hydrogen-bond donors (Lipinski definition) is 2. The van der Waals surface area contributed by atoms with Gasteiger partial charge in [0.15, 0.2) is 0 Å². The molecule has 0 bridgehead atoms. The minimum atomic E-state index is -5.03. The number of urea groups is 1. The third kappa shape index (κ3) is 8.26. The van der Waals surface area contributed by atoms with Gasteiger partial charge in [0.1, 0.15) is 5.82 Å². The topological polar surface area (TPSA) is 95.7 Å². The number of carbonyl (C=O) groups excluding carboxylic acids is 3. The molecule has 0 spiro atoms. The molecular weight excluding hydrogens is 609 g/mol. The number of nitrogens with two attached hydrogens (primary N) is 1. The van der Waals surface area contributed by atoms with Crippen LogP contribution in [0.25, 0.3) is 0 Å². The lowest BCUT2D eigenvalue weighted by atomic mass is 9.77. The minimum Gasteiger partial charge on any atom is -0.352 e. The second kappa shape index (κ2) is 13.3. The molecule has 2 aromatic rings. The fourth-order valence-corrected chi connectivity index (χ4v) is 6.51. The molecule has 1 heterocycles. The summed E-state index contributed by atoms with van der Waals surface area (Å²) >= 11 is 0. The predicted octanol–water partition coefficient (Wildman–Crippen LogP) is 5.99. The Morgan fingerprint density at radius 3 is 2.07 bits per heavy atom. The highest BCUT2D eigenvalue weighted by molar-refractivity contribution is 5.82. The Morgan fingerprint density at radius 1 is 0.933 bits per heavy atom. The molecule has 7 nitrogen and oxygen atoms in total. The van der Waals surface area contributed by atoms with E-state index in [1.807, 2.05) is 0 Å². The van der Waals surface area contributed by atoms with Crippen LogP contribution in [0.2, 0.25) is 0 Å². The fourth-order valence-electron chi connectivity index (χ4n) is 6.51. The molecule has 1 saturated carbocycles. The zero-order valence-corrected chi connectivity index (χ0v) is 24.8. The van der Waals surface area contributed by atoms with Gasteiger partial charge in [0.05, 0.1) is 11.1 Å². The summed E-state index contributed by atoms with van der Waals surface area (Å²) in [5.74, 6) is -2.79. The van der Waals surface area contributed by atoms with E-state index in [4.69, 9.17) is 5.73 Å². The molecule has 246 valence electrons. The molecular formula is C31H35F7N4O3. The van der Waals surface area contributed by atoms with Crippen LogP contribution < -0.4 is 11.1 Å². The van der Waals surface area contributed by atoms with E-state index >= 15 is 0 Å². The van der Waals surface area contributed by atoms with Gasteiger partial charge in [-0.1, -0.05) is 6.07 Å². The molecule has 4 rings (SSSR count). The van der Waals surface area contributed by atoms with Crippen molar-refractivity contribution < 1.29 is 45.1 Å². The Labute approximate surface area is 255 Å². The molecule has 45 heavy (non-hydrogen) atoms. The molecule has 2 atom stereocenters. The van der Waals surface area contributed by atoms with E-state index in [1.54, 1.807) is 11.8 Å². The highest BCUT2D eigenvalue weighted by Gasteiger charge is 2.41. The lowest BCUT2D eigenvalue weighted by Crippen LogP contribution is -2.50. The van der Waals surface area contributed by atoms with Crippen molar-refractivity contribution in [1.29, 1.82) is 0 Å². The number of carbonyl (C=O) groups is 3. The minimum absolute atomic E-state index is 0.0338. The van der Waals surface area contributed by atoms with Crippen molar-refractivity contribution in [2.24, 2.45) is 17.6 Å². The maximum Gasteiger partial charge on any atom is 0.416 e. The summed E-state index contributed by atoms with van der Waals surface area (Å²) in [5, 5.41) is 2.66. The number of halogens is 7. The van der Waals surface area contributed by atoms with E-state index in [0.717, 1.165) is 4.90 Å². The monoisotopic (exact) mass is 644 g/mol. The first-order valence-corrected chi connectivity index (χ1v) is 14.6. The van der Waals surface area contributed by atoms with Crippen molar-refractivity contribution >= 4 is 17.8 Å². The molecule has 1 saturated heterocycles. The number of nitrogens with one attached hydrogen (secondary N) is 1. The number of nitrogens with zero attached hydrogens (tertiary/aromatic N) is 2. The molecule has 2 aliphatic rings. The molecule has 1 aliphatic carbocycles. The Hall–Kier alpha value is -3.84. The van der Waals surface area contributed by atoms with Crippen LogP contribution >= 0.6 is 0 Å². The maximum absolute atomic E-state index is 14.0. The van der Waals surface area contributed by atoms with Crippen molar-refractivity contribution in [3.63, 3.8) is 0 Å². The number of primary amides is 1. The first-order chi connectivity index (χ1) is 20.9. The normalized spacial score (nSPS) is 22.6. The average Bonchev–Trinajstić information content (AvgIpc) is 2.95. The first kappa shape index (κ1) is 34.0. The van der Waals surface area contributed by atoms with Crippen LogP contribution in [0, 0.1) is 24.6 Å². The van der Waals surface area contributed by atoms with E-state index in [2.05, 4.69) is 5.32 Å². The summed E-state index contributed by atoms with van der Waals surface area (Å²) in [5.41, 5.74) is 3.08. The Bertz CT molecular complexity index is 1390. The van der Waals surface area contributed by atoms with E-state index in [-0.39, 0.29) is 49.0 Å². The predicted molar refractivity (Wildman–Crippen MR) is 150 cm³/mol. The Kier molecular flexibility index (Phi) is 10.0. The standard InChI is InChI=1S/C31H35F7N4O3/c1-17-11-22(32)5-8-24(17)26-16-42(27(43)19-3-6-23(7-4-19)40-29(39)45)10-9-25(26)28(44)41(2)15-18-12-20(30(33,34)35)14-21(13-18)31(36,37)38/h5,8,11-14,19,23,25-26H,3-4,6-7,9-10,15-16H2,1-2H3,(H3,39,40,45). The second-order valence-corrected chi connectivity index (χ2v) is 12.0. The van der Waals surface area contributed by atoms with E-state index in [0.29, 0.717) is 48.9 Å². The quantitative estimate of drug-likeness (QED) is 0.379. The lowest BCUT2D eigenvalue weighted by Gasteiger charge is -2.42. The van der Waals surface area contributed by atoms with Gasteiger partial charge in [0, 0.05) is 50.5 Å². The van der Waals surface area contributed by atoms with Crippen molar-refractivity contribution in [3.8, 4) is 0 Å². The smallest absolute Gasteiger partial charge is 0.352 e. The number of rotatable bonds is 6. The highest BCUT2D eigenvalue weighted by Crippen LogP contribution is 2.39. The second-order valence-electron chi connectivity index (χ2n) is 12.0. The highest BCUT2D eigenvalue weighted by atomic mass is 19.4. The van der Waals surface area contributed by atoms with Gasteiger partial charge in [-0.2, -0.15) is 26.3 Å². The molecule has 2 aromatic carbocycles. The number of aryl methyl sites for hydroxylation is 1. The number of hydrogen-bond acceptors (Lipinski definition) is 3. The maximum atomic E-state index is 14.0. The number of likely N-dealkylation sites (tertiary alicyclic amines) is 1. The van der Waals surface area contributed by atoms with Crippen molar-refractivity contribution in [2.45, 2.75) is 69.9 Å². The van der Waals surface area contributed by atoms with Crippen LogP contribution in [0.15, 0.2) is 36.4 Å². The van der Waals surface area contributed by atoms with Gasteiger partial charge in [-0.3, -0.25) is 9.59 Å². The fraction of sp³-hybridized carbons (Fsp3) is 0.516. The van der Waals surface area contributed by atoms with Crippen LogP contribution in [0.5, 0.6) is 0 Å². The number of amides is 4. The van der Waals surface area contributed by atoms with Crippen LogP contribution in [0.1, 0.15) is 65.8 Å². The molecule has 0 radical (unpaired) electrons. The molecule has 3 N–H and O–H groups in total. The van der Waals surface area contributed by atoms with Gasteiger partial charge in [0.25, 0.3) is 0 Å². The van der Waals surface area contributed by atoms with Crippen molar-refractivity contribution in [1.82, 2.24) is 15.1 Å². The Morgan fingerprint density at radius 2 is 1.53 bits per heavy atom. The molecule has 4 amide bonds. The van der Waals surface area contributed by atoms with Crippen LogP contribution in [-0.2, 0) is 28.5 Å². The molecule has 2 unspecified atom stereocenters. The summed E-state index contributed by atoms with van der Waals surface area (Å²) in [4.78, 5) is 41.3. The van der Waals surface area contributed by atoms with Crippen molar-refractivity contribution in [3.05, 3.63) is 70.0 Å². The zero-order chi connectivity index (χ0) is 33.3. The summed E-state index contributed by atoms with van der Waals surface area (Å²) < 4.78 is 94.4. The number of alkyl halides is 6. The van der Waals surface area contributed by atoms with Gasteiger partial charge < -0.3 is 20.9 Å². The molecule has 0 aromatic heterocycles. The van der Waals surface area contributed by atoms with E-state index in [1.165, 1.54) is 25.2 Å². The summed E-state index contributed by atoms with van der Waals surface area (Å²) in [6.45, 7) is 1.49. The van der Waals surface area contributed by atoms with Crippen LogP contribution in [0.4, 0.5) is 35.5 Å². The van der Waals surface area contributed by atoms with Crippen LogP contribution in [0.3, 0.4) is 0 Å². The molecule has 1 aliphatic heterocycles. The SMILES string of the molecule is Cc1cc(F)ccc1C1CN(C(=O)C2CCC(NC(N)=O)CC2)CCC1C(=O)N(C)Cc1cc(C(F)(F)F)cc(C(F)(F)F)c1. The molecule has 2 fully saturated rings. The number of benzene rings is 2. The molecule has 14 heteroatoms. The first-order valence-electron chi connectivity index (χ1n) is 14.6. The van der Waals surface area contributed by atoms with Gasteiger partial charge in [0.2, 0.25) is 11.8 Å². The van der Waals surface area contributed by atoms with E-state index < -0.39 is 59.6 Å². The van der Waals surface area contributed by atoms with Gasteiger partial charge in [-0.05, 0) is 86.1 Å². The van der Waals surface area contributed by atoms with Gasteiger partial charge in [-0.25, -0.2) is 9.18 Å². The van der Waals surface area contributed by atoms with Crippen molar-refractivity contribution in [2.75, 3.05) is 20.1 Å². The average molecular weight is 645 g/mol. The number of piperidine rings is 1. The summed E-state index contributed by atoms with van der Waals surface area (Å²) in [6.07, 6.45) is -7.66. The van der Waals surface area contributed by atoms with E-state index in [9.17, 15) is 45.1 Å². The van der Waals surface area contributed by atoms with Crippen LogP contribution in [-0.4, -0.2) is 53.8 Å². The van der Waals surface area contributed by atoms with Gasteiger partial charge >= 0.3 is 18.4 Å². The largest absolute Gasteiger partial charge is 0.416 e. The third-order valence-electron chi connectivity index (χ3n) is 8.74. The summed E-state index contributed by atoms with van der Waals surface area (Å²) in [6, 6.07) is 4.54.